The zero-order valence-electron chi connectivity index (χ0n) is 13.0. The zero-order valence-corrected chi connectivity index (χ0v) is 13.0. The lowest BCUT2D eigenvalue weighted by atomic mass is 10.1. The quantitative estimate of drug-likeness (QED) is 0.422. The lowest BCUT2D eigenvalue weighted by Gasteiger charge is -2.32. The van der Waals surface area contributed by atoms with Gasteiger partial charge in [0.25, 0.3) is 0 Å². The van der Waals surface area contributed by atoms with Gasteiger partial charge >= 0.3 is 0 Å². The van der Waals surface area contributed by atoms with Crippen molar-refractivity contribution in [2.24, 2.45) is 4.99 Å². The van der Waals surface area contributed by atoms with Gasteiger partial charge in [-0.05, 0) is 32.2 Å². The summed E-state index contributed by atoms with van der Waals surface area (Å²) in [5, 5.41) is 6.97. The van der Waals surface area contributed by atoms with E-state index in [1.807, 2.05) is 7.05 Å². The summed E-state index contributed by atoms with van der Waals surface area (Å²) < 4.78 is 0. The molecule has 112 valence electrons. The van der Waals surface area contributed by atoms with Gasteiger partial charge in [-0.2, -0.15) is 0 Å². The molecule has 1 aliphatic rings. The number of hydrogen-bond donors (Lipinski definition) is 2. The second-order valence-corrected chi connectivity index (χ2v) is 5.47. The van der Waals surface area contributed by atoms with Gasteiger partial charge < -0.3 is 15.5 Å². The molecule has 1 rings (SSSR count). The standard InChI is InChI=1S/C15H32N4/c1-4-6-7-10-17-15(16-3)18-14-8-12-19(11-5-2)13-9-14/h14H,4-13H2,1-3H3,(H2,16,17,18). The normalized spacial score (nSPS) is 18.6. The fraction of sp³-hybridized carbons (Fsp3) is 0.933. The minimum Gasteiger partial charge on any atom is -0.356 e. The van der Waals surface area contributed by atoms with E-state index >= 15 is 0 Å². The van der Waals surface area contributed by atoms with Gasteiger partial charge in [0.2, 0.25) is 0 Å². The summed E-state index contributed by atoms with van der Waals surface area (Å²) in [5.74, 6) is 0.977. The second kappa shape index (κ2) is 10.1. The molecule has 1 aliphatic heterocycles. The third kappa shape index (κ3) is 6.81. The lowest BCUT2D eigenvalue weighted by molar-refractivity contribution is 0.206. The predicted octanol–water partition coefficient (Wildman–Crippen LogP) is 2.22. The third-order valence-corrected chi connectivity index (χ3v) is 3.76. The fourth-order valence-corrected chi connectivity index (χ4v) is 2.59. The first-order valence-electron chi connectivity index (χ1n) is 7.99. The van der Waals surface area contributed by atoms with Crippen molar-refractivity contribution in [2.45, 2.75) is 58.4 Å². The summed E-state index contributed by atoms with van der Waals surface area (Å²) >= 11 is 0. The van der Waals surface area contributed by atoms with E-state index in [0.29, 0.717) is 6.04 Å². The van der Waals surface area contributed by atoms with Gasteiger partial charge in [0, 0.05) is 32.7 Å². The second-order valence-electron chi connectivity index (χ2n) is 5.47. The van der Waals surface area contributed by atoms with Crippen LogP contribution in [0, 0.1) is 0 Å². The summed E-state index contributed by atoms with van der Waals surface area (Å²) in [6.45, 7) is 9.21. The van der Waals surface area contributed by atoms with Crippen molar-refractivity contribution in [1.29, 1.82) is 0 Å². The Morgan fingerprint density at radius 2 is 1.89 bits per heavy atom. The Morgan fingerprint density at radius 1 is 1.16 bits per heavy atom. The molecule has 1 fully saturated rings. The van der Waals surface area contributed by atoms with Gasteiger partial charge in [0.05, 0.1) is 0 Å². The first kappa shape index (κ1) is 16.3. The number of nitrogens with one attached hydrogen (secondary N) is 2. The van der Waals surface area contributed by atoms with Gasteiger partial charge in [-0.15, -0.1) is 0 Å². The first-order valence-corrected chi connectivity index (χ1v) is 7.99. The van der Waals surface area contributed by atoms with E-state index < -0.39 is 0 Å². The van der Waals surface area contributed by atoms with Crippen LogP contribution in [0.5, 0.6) is 0 Å². The maximum absolute atomic E-state index is 4.32. The predicted molar refractivity (Wildman–Crippen MR) is 83.8 cm³/mol. The van der Waals surface area contributed by atoms with Gasteiger partial charge in [-0.25, -0.2) is 0 Å². The van der Waals surface area contributed by atoms with E-state index in [1.54, 1.807) is 0 Å². The van der Waals surface area contributed by atoms with Crippen molar-refractivity contribution in [1.82, 2.24) is 15.5 Å². The number of piperidine rings is 1. The van der Waals surface area contributed by atoms with Crippen molar-refractivity contribution in [2.75, 3.05) is 33.2 Å². The number of aliphatic imine (C=N–C) groups is 1. The highest BCUT2D eigenvalue weighted by molar-refractivity contribution is 5.79. The van der Waals surface area contributed by atoms with Crippen LogP contribution in [0.2, 0.25) is 0 Å². The molecule has 0 amide bonds. The Labute approximate surface area is 119 Å². The van der Waals surface area contributed by atoms with Gasteiger partial charge in [0.1, 0.15) is 0 Å². The Kier molecular flexibility index (Phi) is 8.63. The maximum atomic E-state index is 4.32. The molecule has 0 bridgehead atoms. The topological polar surface area (TPSA) is 39.7 Å². The van der Waals surface area contributed by atoms with E-state index in [2.05, 4.69) is 34.4 Å². The number of guanidine groups is 1. The van der Waals surface area contributed by atoms with Crippen molar-refractivity contribution in [3.05, 3.63) is 0 Å². The summed E-state index contributed by atoms with van der Waals surface area (Å²) in [6.07, 6.45) is 7.51. The SMILES string of the molecule is CCCCCNC(=NC)NC1CCN(CCC)CC1. The largest absolute Gasteiger partial charge is 0.356 e. The molecule has 4 nitrogen and oxygen atoms in total. The van der Waals surface area contributed by atoms with E-state index in [-0.39, 0.29) is 0 Å². The van der Waals surface area contributed by atoms with Gasteiger partial charge in [-0.3, -0.25) is 4.99 Å². The molecule has 4 heteroatoms. The number of unbranched alkanes of at least 4 members (excludes halogenated alkanes) is 2. The zero-order chi connectivity index (χ0) is 13.9. The molecule has 1 saturated heterocycles. The minimum absolute atomic E-state index is 0.588. The molecule has 0 saturated carbocycles. The molecule has 0 radical (unpaired) electrons. The Bertz CT molecular complexity index is 245. The number of likely N-dealkylation sites (tertiary alicyclic amines) is 1. The highest BCUT2D eigenvalue weighted by atomic mass is 15.2. The van der Waals surface area contributed by atoms with Crippen LogP contribution in [0.25, 0.3) is 0 Å². The molecule has 0 aliphatic carbocycles. The summed E-state index contributed by atoms with van der Waals surface area (Å²) in [7, 11) is 1.86. The lowest BCUT2D eigenvalue weighted by Crippen LogP contribution is -2.48. The highest BCUT2D eigenvalue weighted by Crippen LogP contribution is 2.10. The molecule has 2 N–H and O–H groups in total. The molecule has 19 heavy (non-hydrogen) atoms. The van der Waals surface area contributed by atoms with Crippen molar-refractivity contribution in [3.63, 3.8) is 0 Å². The molecular formula is C15H32N4. The average Bonchev–Trinajstić information content (AvgIpc) is 2.44. The van der Waals surface area contributed by atoms with Crippen molar-refractivity contribution in [3.8, 4) is 0 Å². The van der Waals surface area contributed by atoms with E-state index in [4.69, 9.17) is 0 Å². The molecule has 0 aromatic heterocycles. The molecule has 0 atom stereocenters. The Hall–Kier alpha value is -0.770. The van der Waals surface area contributed by atoms with E-state index in [9.17, 15) is 0 Å². The number of rotatable bonds is 7. The van der Waals surface area contributed by atoms with Crippen LogP contribution in [0.3, 0.4) is 0 Å². The maximum Gasteiger partial charge on any atom is 0.191 e. The molecule has 0 aromatic carbocycles. The molecule has 1 heterocycles. The van der Waals surface area contributed by atoms with Crippen LogP contribution in [-0.4, -0.2) is 50.1 Å². The third-order valence-electron chi connectivity index (χ3n) is 3.76. The van der Waals surface area contributed by atoms with E-state index in [0.717, 1.165) is 12.5 Å². The highest BCUT2D eigenvalue weighted by Gasteiger charge is 2.18. The van der Waals surface area contributed by atoms with Crippen LogP contribution in [0.15, 0.2) is 4.99 Å². The van der Waals surface area contributed by atoms with Gasteiger partial charge in [0.15, 0.2) is 5.96 Å². The summed E-state index contributed by atoms with van der Waals surface area (Å²) in [6, 6.07) is 0.588. The smallest absolute Gasteiger partial charge is 0.191 e. The first-order chi connectivity index (χ1) is 9.30. The molecule has 0 spiro atoms. The average molecular weight is 268 g/mol. The van der Waals surface area contributed by atoms with Crippen LogP contribution in [-0.2, 0) is 0 Å². The summed E-state index contributed by atoms with van der Waals surface area (Å²) in [4.78, 5) is 6.88. The molecular weight excluding hydrogens is 236 g/mol. The van der Waals surface area contributed by atoms with Crippen molar-refractivity contribution >= 4 is 5.96 Å². The Morgan fingerprint density at radius 3 is 2.47 bits per heavy atom. The van der Waals surface area contributed by atoms with Crippen LogP contribution >= 0.6 is 0 Å². The fourth-order valence-electron chi connectivity index (χ4n) is 2.59. The van der Waals surface area contributed by atoms with Crippen LogP contribution in [0.1, 0.15) is 52.4 Å². The molecule has 0 aromatic rings. The summed E-state index contributed by atoms with van der Waals surface area (Å²) in [5.41, 5.74) is 0. The van der Waals surface area contributed by atoms with Gasteiger partial charge in [-0.1, -0.05) is 26.7 Å². The van der Waals surface area contributed by atoms with Crippen molar-refractivity contribution < 1.29 is 0 Å². The van der Waals surface area contributed by atoms with Crippen LogP contribution in [0.4, 0.5) is 0 Å². The molecule has 0 unspecified atom stereocenters. The minimum atomic E-state index is 0.588. The van der Waals surface area contributed by atoms with Crippen LogP contribution < -0.4 is 10.6 Å². The Balaban J connectivity index is 2.18. The number of hydrogen-bond acceptors (Lipinski definition) is 2. The monoisotopic (exact) mass is 268 g/mol. The number of nitrogens with zero attached hydrogens (tertiary/aromatic N) is 2. The van der Waals surface area contributed by atoms with E-state index in [1.165, 1.54) is 58.2 Å².